The molecule has 3 heteroatoms. The van der Waals surface area contributed by atoms with Crippen LogP contribution in [0.25, 0.3) is 0 Å². The fourth-order valence-corrected chi connectivity index (χ4v) is 1.49. The van der Waals surface area contributed by atoms with E-state index in [1.54, 1.807) is 12.3 Å². The maximum absolute atomic E-state index is 5.77. The summed E-state index contributed by atoms with van der Waals surface area (Å²) in [5.74, 6) is 2.07. The van der Waals surface area contributed by atoms with Gasteiger partial charge in [0.15, 0.2) is 0 Å². The van der Waals surface area contributed by atoms with Gasteiger partial charge in [-0.1, -0.05) is 18.5 Å². The van der Waals surface area contributed by atoms with Gasteiger partial charge in [-0.2, -0.15) is 11.8 Å². The largest absolute Gasteiger partial charge is 0.260 e. The van der Waals surface area contributed by atoms with Gasteiger partial charge in [-0.05, 0) is 17.9 Å². The second kappa shape index (κ2) is 4.62. The molecule has 0 radical (unpaired) electrons. The predicted octanol–water partition coefficient (Wildman–Crippen LogP) is 2.99. The summed E-state index contributed by atoms with van der Waals surface area (Å²) in [7, 11) is 0. The topological polar surface area (TPSA) is 12.9 Å². The molecule has 0 amide bonds. The van der Waals surface area contributed by atoms with Crippen LogP contribution in [0.3, 0.4) is 0 Å². The Morgan fingerprint density at radius 3 is 3.09 bits per heavy atom. The smallest absolute Gasteiger partial charge is 0.0517 e. The molecule has 0 aliphatic heterocycles. The third-order valence-corrected chi connectivity index (χ3v) is 2.38. The Labute approximate surface area is 76.2 Å². The quantitative estimate of drug-likeness (QED) is 0.722. The maximum Gasteiger partial charge on any atom is 0.0517 e. The van der Waals surface area contributed by atoms with Gasteiger partial charge in [0.25, 0.3) is 0 Å². The van der Waals surface area contributed by atoms with Crippen LogP contribution in [0.1, 0.15) is 12.6 Å². The standard InChI is InChI=1S/C8H10ClNS/c1-2-11-6-8-5-7(9)3-4-10-8/h3-5H,2,6H2,1H3. The summed E-state index contributed by atoms with van der Waals surface area (Å²) in [4.78, 5) is 4.17. The number of pyridine rings is 1. The van der Waals surface area contributed by atoms with E-state index >= 15 is 0 Å². The van der Waals surface area contributed by atoms with Gasteiger partial charge in [0.2, 0.25) is 0 Å². The van der Waals surface area contributed by atoms with E-state index in [0.29, 0.717) is 0 Å². The maximum atomic E-state index is 5.77. The fraction of sp³-hybridized carbons (Fsp3) is 0.375. The second-order valence-electron chi connectivity index (χ2n) is 2.10. The highest BCUT2D eigenvalue weighted by atomic mass is 35.5. The van der Waals surface area contributed by atoms with E-state index in [-0.39, 0.29) is 0 Å². The Morgan fingerprint density at radius 1 is 1.64 bits per heavy atom. The van der Waals surface area contributed by atoms with Gasteiger partial charge >= 0.3 is 0 Å². The zero-order valence-electron chi connectivity index (χ0n) is 6.38. The van der Waals surface area contributed by atoms with Crippen LogP contribution in [0.2, 0.25) is 5.02 Å². The molecule has 0 N–H and O–H groups in total. The number of rotatable bonds is 3. The second-order valence-corrected chi connectivity index (χ2v) is 3.81. The molecule has 1 aromatic rings. The van der Waals surface area contributed by atoms with Crippen LogP contribution in [0.5, 0.6) is 0 Å². The number of hydrogen-bond acceptors (Lipinski definition) is 2. The molecule has 0 spiro atoms. The van der Waals surface area contributed by atoms with Crippen LogP contribution in [-0.4, -0.2) is 10.7 Å². The molecule has 1 heterocycles. The Kier molecular flexibility index (Phi) is 3.73. The average Bonchev–Trinajstić information content (AvgIpc) is 2.01. The van der Waals surface area contributed by atoms with E-state index in [2.05, 4.69) is 11.9 Å². The van der Waals surface area contributed by atoms with Crippen LogP contribution in [0.15, 0.2) is 18.3 Å². The summed E-state index contributed by atoms with van der Waals surface area (Å²) in [5.41, 5.74) is 1.06. The molecule has 0 saturated heterocycles. The zero-order valence-corrected chi connectivity index (χ0v) is 7.95. The van der Waals surface area contributed by atoms with Crippen LogP contribution < -0.4 is 0 Å². The van der Waals surface area contributed by atoms with Crippen molar-refractivity contribution in [2.75, 3.05) is 5.75 Å². The number of thioether (sulfide) groups is 1. The van der Waals surface area contributed by atoms with Crippen molar-refractivity contribution in [2.24, 2.45) is 0 Å². The lowest BCUT2D eigenvalue weighted by Crippen LogP contribution is -1.85. The molecule has 0 aliphatic rings. The van der Waals surface area contributed by atoms with Gasteiger partial charge in [-0.15, -0.1) is 0 Å². The third kappa shape index (κ3) is 3.12. The first kappa shape index (κ1) is 8.88. The summed E-state index contributed by atoms with van der Waals surface area (Å²) < 4.78 is 0. The van der Waals surface area contributed by atoms with Crippen LogP contribution in [-0.2, 0) is 5.75 Å². The highest BCUT2D eigenvalue weighted by Crippen LogP contribution is 2.13. The number of aromatic nitrogens is 1. The molecule has 0 aliphatic carbocycles. The van der Waals surface area contributed by atoms with Crippen molar-refractivity contribution < 1.29 is 0 Å². The van der Waals surface area contributed by atoms with Gasteiger partial charge in [0.05, 0.1) is 5.69 Å². The minimum atomic E-state index is 0.770. The Hall–Kier alpha value is -0.210. The zero-order chi connectivity index (χ0) is 8.10. The molecular weight excluding hydrogens is 178 g/mol. The molecule has 0 fully saturated rings. The summed E-state index contributed by atoms with van der Waals surface area (Å²) in [6.45, 7) is 2.13. The third-order valence-electron chi connectivity index (χ3n) is 1.23. The van der Waals surface area contributed by atoms with E-state index < -0.39 is 0 Å². The van der Waals surface area contributed by atoms with Gasteiger partial charge < -0.3 is 0 Å². The van der Waals surface area contributed by atoms with Gasteiger partial charge in [0, 0.05) is 17.0 Å². The number of nitrogens with zero attached hydrogens (tertiary/aromatic N) is 1. The molecule has 0 unspecified atom stereocenters. The minimum Gasteiger partial charge on any atom is -0.260 e. The summed E-state index contributed by atoms with van der Waals surface area (Å²) in [6, 6.07) is 3.70. The van der Waals surface area contributed by atoms with Crippen LogP contribution in [0, 0.1) is 0 Å². The fourth-order valence-electron chi connectivity index (χ4n) is 0.734. The molecule has 1 aromatic heterocycles. The van der Waals surface area contributed by atoms with Crippen molar-refractivity contribution in [3.8, 4) is 0 Å². The predicted molar refractivity (Wildman–Crippen MR) is 51.1 cm³/mol. The minimum absolute atomic E-state index is 0.770. The van der Waals surface area contributed by atoms with E-state index in [1.807, 2.05) is 17.8 Å². The monoisotopic (exact) mass is 187 g/mol. The summed E-state index contributed by atoms with van der Waals surface area (Å²) >= 11 is 7.62. The van der Waals surface area contributed by atoms with Crippen molar-refractivity contribution in [3.63, 3.8) is 0 Å². The summed E-state index contributed by atoms with van der Waals surface area (Å²) in [6.07, 6.45) is 1.74. The number of hydrogen-bond donors (Lipinski definition) is 0. The lowest BCUT2D eigenvalue weighted by molar-refractivity contribution is 1.17. The Balaban J connectivity index is 2.56. The average molecular weight is 188 g/mol. The first-order chi connectivity index (χ1) is 5.33. The SMILES string of the molecule is CCSCc1cc(Cl)ccn1. The first-order valence-corrected chi connectivity index (χ1v) is 5.04. The molecule has 60 valence electrons. The van der Waals surface area contributed by atoms with Crippen molar-refractivity contribution in [1.29, 1.82) is 0 Å². The van der Waals surface area contributed by atoms with Crippen LogP contribution >= 0.6 is 23.4 Å². The molecule has 0 atom stereocenters. The van der Waals surface area contributed by atoms with Gasteiger partial charge in [0.1, 0.15) is 0 Å². The highest BCUT2D eigenvalue weighted by molar-refractivity contribution is 7.98. The van der Waals surface area contributed by atoms with Gasteiger partial charge in [-0.25, -0.2) is 0 Å². The van der Waals surface area contributed by atoms with E-state index in [9.17, 15) is 0 Å². The van der Waals surface area contributed by atoms with Crippen molar-refractivity contribution in [3.05, 3.63) is 29.0 Å². The molecule has 11 heavy (non-hydrogen) atoms. The number of halogens is 1. The van der Waals surface area contributed by atoms with Crippen molar-refractivity contribution in [2.45, 2.75) is 12.7 Å². The first-order valence-electron chi connectivity index (χ1n) is 3.51. The van der Waals surface area contributed by atoms with Crippen molar-refractivity contribution >= 4 is 23.4 Å². The molecule has 0 aromatic carbocycles. The lowest BCUT2D eigenvalue weighted by Gasteiger charge is -1.97. The van der Waals surface area contributed by atoms with Crippen molar-refractivity contribution in [1.82, 2.24) is 4.98 Å². The van der Waals surface area contributed by atoms with E-state index in [4.69, 9.17) is 11.6 Å². The Bertz CT molecular complexity index is 227. The van der Waals surface area contributed by atoms with E-state index in [0.717, 1.165) is 22.2 Å². The molecule has 0 bridgehead atoms. The Morgan fingerprint density at radius 2 is 2.45 bits per heavy atom. The normalized spacial score (nSPS) is 10.0. The van der Waals surface area contributed by atoms with Gasteiger partial charge in [-0.3, -0.25) is 4.98 Å². The molecule has 0 saturated carbocycles. The molecule has 1 rings (SSSR count). The molecular formula is C8H10ClNS. The van der Waals surface area contributed by atoms with E-state index in [1.165, 1.54) is 0 Å². The lowest BCUT2D eigenvalue weighted by atomic mass is 10.4. The molecule has 1 nitrogen and oxygen atoms in total. The highest BCUT2D eigenvalue weighted by Gasteiger charge is 1.93. The summed E-state index contributed by atoms with van der Waals surface area (Å²) in [5, 5.41) is 0.770. The van der Waals surface area contributed by atoms with Crippen LogP contribution in [0.4, 0.5) is 0 Å².